The van der Waals surface area contributed by atoms with E-state index in [-0.39, 0.29) is 11.0 Å². The number of anilines is 2. The Morgan fingerprint density at radius 2 is 1.78 bits per heavy atom. The van der Waals surface area contributed by atoms with Gasteiger partial charge in [-0.05, 0) is 69.0 Å². The lowest BCUT2D eigenvalue weighted by atomic mass is 9.99. The molecule has 1 aliphatic heterocycles. The SMILES string of the molecule is CC1CCN(c2ccc(NS(=O)(=O)c3ccc(OC(C)C)cc3)cn2)CC1. The number of hydrogen-bond acceptors (Lipinski definition) is 5. The fraction of sp³-hybridized carbons (Fsp3) is 0.450. The molecule has 0 atom stereocenters. The lowest BCUT2D eigenvalue weighted by molar-refractivity contribution is 0.242. The second kappa shape index (κ2) is 8.17. The number of nitrogens with one attached hydrogen (secondary N) is 1. The topological polar surface area (TPSA) is 71.5 Å². The third kappa shape index (κ3) is 5.13. The van der Waals surface area contributed by atoms with Crippen LogP contribution in [-0.2, 0) is 10.0 Å². The molecule has 0 amide bonds. The number of rotatable bonds is 6. The third-order valence-electron chi connectivity index (χ3n) is 4.61. The molecule has 0 spiro atoms. The molecule has 3 rings (SSSR count). The van der Waals surface area contributed by atoms with Crippen LogP contribution >= 0.6 is 0 Å². The first-order chi connectivity index (χ1) is 12.8. The number of aromatic nitrogens is 1. The van der Waals surface area contributed by atoms with Crippen LogP contribution in [0.5, 0.6) is 5.75 Å². The quantitative estimate of drug-likeness (QED) is 0.811. The van der Waals surface area contributed by atoms with E-state index >= 15 is 0 Å². The van der Waals surface area contributed by atoms with Gasteiger partial charge in [0.2, 0.25) is 0 Å². The highest BCUT2D eigenvalue weighted by Gasteiger charge is 2.18. The van der Waals surface area contributed by atoms with Gasteiger partial charge in [0.25, 0.3) is 10.0 Å². The van der Waals surface area contributed by atoms with Crippen LogP contribution < -0.4 is 14.4 Å². The van der Waals surface area contributed by atoms with E-state index in [4.69, 9.17) is 4.74 Å². The van der Waals surface area contributed by atoms with Crippen molar-refractivity contribution in [3.8, 4) is 5.75 Å². The van der Waals surface area contributed by atoms with Gasteiger partial charge in [0.05, 0.1) is 22.9 Å². The molecule has 2 heterocycles. The molecule has 6 nitrogen and oxygen atoms in total. The maximum absolute atomic E-state index is 12.6. The molecule has 2 aromatic rings. The summed E-state index contributed by atoms with van der Waals surface area (Å²) in [4.78, 5) is 6.86. The molecule has 1 saturated heterocycles. The van der Waals surface area contributed by atoms with E-state index in [1.807, 2.05) is 19.9 Å². The van der Waals surface area contributed by atoms with Crippen molar-refractivity contribution >= 4 is 21.5 Å². The highest BCUT2D eigenvalue weighted by molar-refractivity contribution is 7.92. The van der Waals surface area contributed by atoms with Crippen molar-refractivity contribution in [2.75, 3.05) is 22.7 Å². The van der Waals surface area contributed by atoms with Crippen molar-refractivity contribution in [2.24, 2.45) is 5.92 Å². The van der Waals surface area contributed by atoms with Crippen molar-refractivity contribution < 1.29 is 13.2 Å². The molecule has 0 saturated carbocycles. The van der Waals surface area contributed by atoms with Gasteiger partial charge in [-0.25, -0.2) is 13.4 Å². The zero-order chi connectivity index (χ0) is 19.4. The van der Waals surface area contributed by atoms with Crippen LogP contribution in [0.2, 0.25) is 0 Å². The standard InChI is InChI=1S/C20H27N3O3S/c1-15(2)26-18-5-7-19(8-6-18)27(24,25)22-17-4-9-20(21-14-17)23-12-10-16(3)11-13-23/h4-9,14-16,22H,10-13H2,1-3H3. The predicted octanol–water partition coefficient (Wildman–Crippen LogP) is 3.91. The van der Waals surface area contributed by atoms with Gasteiger partial charge < -0.3 is 9.64 Å². The van der Waals surface area contributed by atoms with Crippen molar-refractivity contribution in [1.29, 1.82) is 0 Å². The number of ether oxygens (including phenoxy) is 1. The molecular formula is C20H27N3O3S. The van der Waals surface area contributed by atoms with E-state index in [2.05, 4.69) is 21.5 Å². The molecule has 0 radical (unpaired) electrons. The fourth-order valence-corrected chi connectivity index (χ4v) is 4.10. The van der Waals surface area contributed by atoms with Crippen LogP contribution in [0.3, 0.4) is 0 Å². The molecule has 1 fully saturated rings. The van der Waals surface area contributed by atoms with Gasteiger partial charge in [-0.2, -0.15) is 0 Å². The molecule has 27 heavy (non-hydrogen) atoms. The minimum absolute atomic E-state index is 0.0401. The molecule has 1 aromatic heterocycles. The van der Waals surface area contributed by atoms with Gasteiger partial charge in [-0.1, -0.05) is 6.92 Å². The van der Waals surface area contributed by atoms with Crippen molar-refractivity contribution in [3.63, 3.8) is 0 Å². The van der Waals surface area contributed by atoms with Crippen molar-refractivity contribution in [2.45, 2.75) is 44.6 Å². The van der Waals surface area contributed by atoms with E-state index in [9.17, 15) is 8.42 Å². The van der Waals surface area contributed by atoms with Crippen LogP contribution in [0.25, 0.3) is 0 Å². The molecular weight excluding hydrogens is 362 g/mol. The second-order valence-corrected chi connectivity index (χ2v) is 9.00. The normalized spacial score (nSPS) is 15.8. The minimum atomic E-state index is -3.66. The van der Waals surface area contributed by atoms with E-state index in [1.54, 1.807) is 24.4 Å². The molecule has 7 heteroatoms. The zero-order valence-corrected chi connectivity index (χ0v) is 16.9. The average Bonchev–Trinajstić information content (AvgIpc) is 2.63. The Hall–Kier alpha value is -2.28. The molecule has 1 N–H and O–H groups in total. The Balaban J connectivity index is 1.66. The molecule has 0 aliphatic carbocycles. The van der Waals surface area contributed by atoms with Crippen molar-refractivity contribution in [3.05, 3.63) is 42.6 Å². The lowest BCUT2D eigenvalue weighted by Crippen LogP contribution is -2.33. The number of piperidine rings is 1. The third-order valence-corrected chi connectivity index (χ3v) is 6.01. The molecule has 1 aromatic carbocycles. The summed E-state index contributed by atoms with van der Waals surface area (Å²) >= 11 is 0. The Labute approximate surface area is 161 Å². The van der Waals surface area contributed by atoms with Gasteiger partial charge in [-0.15, -0.1) is 0 Å². The van der Waals surface area contributed by atoms with Crippen LogP contribution in [-0.4, -0.2) is 32.6 Å². The van der Waals surface area contributed by atoms with Crippen LogP contribution in [0, 0.1) is 5.92 Å². The first-order valence-electron chi connectivity index (χ1n) is 9.34. The van der Waals surface area contributed by atoms with E-state index in [0.717, 1.165) is 37.7 Å². The van der Waals surface area contributed by atoms with Crippen LogP contribution in [0.4, 0.5) is 11.5 Å². The van der Waals surface area contributed by atoms with Gasteiger partial charge in [0, 0.05) is 13.1 Å². The molecule has 0 unspecified atom stereocenters. The molecule has 146 valence electrons. The van der Waals surface area contributed by atoms with Crippen LogP contribution in [0.15, 0.2) is 47.5 Å². The summed E-state index contributed by atoms with van der Waals surface area (Å²) in [6, 6.07) is 10.0. The summed E-state index contributed by atoms with van der Waals surface area (Å²) in [6.07, 6.45) is 3.93. The largest absolute Gasteiger partial charge is 0.491 e. The summed E-state index contributed by atoms with van der Waals surface area (Å²) in [5, 5.41) is 0. The molecule has 1 aliphatic rings. The second-order valence-electron chi connectivity index (χ2n) is 7.32. The zero-order valence-electron chi connectivity index (χ0n) is 16.1. The maximum atomic E-state index is 12.6. The van der Waals surface area contributed by atoms with Gasteiger partial charge in [0.15, 0.2) is 0 Å². The Morgan fingerprint density at radius 3 is 2.33 bits per heavy atom. The lowest BCUT2D eigenvalue weighted by Gasteiger charge is -2.31. The first-order valence-corrected chi connectivity index (χ1v) is 10.8. The van der Waals surface area contributed by atoms with Gasteiger partial charge >= 0.3 is 0 Å². The smallest absolute Gasteiger partial charge is 0.261 e. The Kier molecular flexibility index (Phi) is 5.89. The fourth-order valence-electron chi connectivity index (χ4n) is 3.05. The predicted molar refractivity (Wildman–Crippen MR) is 108 cm³/mol. The minimum Gasteiger partial charge on any atom is -0.491 e. The number of nitrogens with zero attached hydrogens (tertiary/aromatic N) is 2. The molecule has 0 bridgehead atoms. The van der Waals surface area contributed by atoms with Gasteiger partial charge in [0.1, 0.15) is 11.6 Å². The van der Waals surface area contributed by atoms with Crippen molar-refractivity contribution in [1.82, 2.24) is 4.98 Å². The average molecular weight is 390 g/mol. The van der Waals surface area contributed by atoms with Crippen LogP contribution in [0.1, 0.15) is 33.6 Å². The van der Waals surface area contributed by atoms with E-state index in [1.165, 1.54) is 12.1 Å². The summed E-state index contributed by atoms with van der Waals surface area (Å²) in [7, 11) is -3.66. The summed E-state index contributed by atoms with van der Waals surface area (Å²) in [5.74, 6) is 2.29. The van der Waals surface area contributed by atoms with Gasteiger partial charge in [-0.3, -0.25) is 4.72 Å². The number of pyridine rings is 1. The maximum Gasteiger partial charge on any atom is 0.261 e. The van der Waals surface area contributed by atoms with E-state index < -0.39 is 10.0 Å². The Bertz CT molecular complexity index is 841. The first kappa shape index (κ1) is 19.5. The summed E-state index contributed by atoms with van der Waals surface area (Å²) < 4.78 is 33.3. The monoisotopic (exact) mass is 389 g/mol. The number of benzene rings is 1. The number of hydrogen-bond donors (Lipinski definition) is 1. The van der Waals surface area contributed by atoms with E-state index in [0.29, 0.717) is 11.4 Å². The summed E-state index contributed by atoms with van der Waals surface area (Å²) in [6.45, 7) is 8.10. The highest BCUT2D eigenvalue weighted by Crippen LogP contribution is 2.24. The number of sulfonamides is 1. The Morgan fingerprint density at radius 1 is 1.11 bits per heavy atom. The summed E-state index contributed by atoms with van der Waals surface area (Å²) in [5.41, 5.74) is 0.451. The highest BCUT2D eigenvalue weighted by atomic mass is 32.2.